The van der Waals surface area contributed by atoms with Crippen molar-refractivity contribution in [3.8, 4) is 0 Å². The van der Waals surface area contributed by atoms with E-state index in [4.69, 9.17) is 5.73 Å². The third-order valence-corrected chi connectivity index (χ3v) is 2.33. The highest BCUT2D eigenvalue weighted by Gasteiger charge is 2.36. The molecule has 0 saturated heterocycles. The van der Waals surface area contributed by atoms with Crippen molar-refractivity contribution < 1.29 is 0 Å². The number of rotatable bonds is 2. The van der Waals surface area contributed by atoms with Crippen molar-refractivity contribution in [2.45, 2.75) is 25.8 Å². The average molecular weight is 151 g/mol. The van der Waals surface area contributed by atoms with Gasteiger partial charge in [-0.2, -0.15) is 0 Å². The third kappa shape index (κ3) is 1.16. The van der Waals surface area contributed by atoms with Gasteiger partial charge in [0.2, 0.25) is 0 Å². The maximum atomic E-state index is 5.45. The molecular formula is C8H13N3. The number of aromatic amines is 1. The van der Waals surface area contributed by atoms with Crippen LogP contribution in [0, 0.1) is 5.92 Å². The van der Waals surface area contributed by atoms with E-state index < -0.39 is 0 Å². The Morgan fingerprint density at radius 3 is 3.00 bits per heavy atom. The largest absolute Gasteiger partial charge is 0.345 e. The van der Waals surface area contributed by atoms with Crippen LogP contribution in [0.5, 0.6) is 0 Å². The molecule has 2 atom stereocenters. The van der Waals surface area contributed by atoms with Crippen molar-refractivity contribution in [2.24, 2.45) is 11.7 Å². The summed E-state index contributed by atoms with van der Waals surface area (Å²) >= 11 is 0. The van der Waals surface area contributed by atoms with Crippen molar-refractivity contribution in [3.05, 3.63) is 17.7 Å². The molecule has 1 saturated carbocycles. The zero-order valence-corrected chi connectivity index (χ0v) is 6.67. The van der Waals surface area contributed by atoms with Crippen LogP contribution in [0.15, 0.2) is 6.20 Å². The van der Waals surface area contributed by atoms with Crippen molar-refractivity contribution in [1.82, 2.24) is 9.97 Å². The van der Waals surface area contributed by atoms with E-state index in [1.807, 2.05) is 6.20 Å². The number of aromatic nitrogens is 2. The summed E-state index contributed by atoms with van der Waals surface area (Å²) in [7, 11) is 0. The number of nitrogens with two attached hydrogens (primary N) is 1. The molecule has 0 spiro atoms. The molecule has 0 aliphatic heterocycles. The minimum atomic E-state index is 0.564. The second kappa shape index (κ2) is 2.34. The second-order valence-electron chi connectivity index (χ2n) is 3.32. The topological polar surface area (TPSA) is 54.7 Å². The molecule has 2 unspecified atom stereocenters. The number of imidazole rings is 1. The molecule has 0 radical (unpaired) electrons. The molecule has 2 rings (SSSR count). The lowest BCUT2D eigenvalue weighted by Crippen LogP contribution is -1.96. The highest BCUT2D eigenvalue weighted by atomic mass is 14.9. The second-order valence-corrected chi connectivity index (χ2v) is 3.32. The number of H-pyrrole nitrogens is 1. The summed E-state index contributed by atoms with van der Waals surface area (Å²) in [6.07, 6.45) is 3.11. The molecule has 1 aromatic rings. The van der Waals surface area contributed by atoms with Crippen molar-refractivity contribution in [3.63, 3.8) is 0 Å². The fourth-order valence-electron chi connectivity index (χ4n) is 1.37. The Morgan fingerprint density at radius 1 is 1.82 bits per heavy atom. The Bertz CT molecular complexity index is 254. The van der Waals surface area contributed by atoms with Crippen LogP contribution >= 0.6 is 0 Å². The summed E-state index contributed by atoms with van der Waals surface area (Å²) in [5, 5.41) is 0. The third-order valence-electron chi connectivity index (χ3n) is 2.33. The first-order valence-electron chi connectivity index (χ1n) is 4.05. The smallest absolute Gasteiger partial charge is 0.109 e. The molecule has 1 aromatic heterocycles. The summed E-state index contributed by atoms with van der Waals surface area (Å²) in [5.41, 5.74) is 6.49. The van der Waals surface area contributed by atoms with E-state index >= 15 is 0 Å². The first-order chi connectivity index (χ1) is 5.31. The minimum absolute atomic E-state index is 0.564. The predicted octanol–water partition coefficient (Wildman–Crippen LogP) is 0.992. The van der Waals surface area contributed by atoms with Gasteiger partial charge in [-0.15, -0.1) is 0 Å². The van der Waals surface area contributed by atoms with Gasteiger partial charge in [-0.25, -0.2) is 4.98 Å². The lowest BCUT2D eigenvalue weighted by Gasteiger charge is -1.89. The van der Waals surface area contributed by atoms with E-state index in [0.29, 0.717) is 12.5 Å². The molecule has 1 fully saturated rings. The predicted molar refractivity (Wildman–Crippen MR) is 43.0 cm³/mol. The molecule has 60 valence electrons. The lowest BCUT2D eigenvalue weighted by atomic mass is 10.3. The van der Waals surface area contributed by atoms with Gasteiger partial charge >= 0.3 is 0 Å². The van der Waals surface area contributed by atoms with Crippen LogP contribution in [0.3, 0.4) is 0 Å². The summed E-state index contributed by atoms with van der Waals surface area (Å²) < 4.78 is 0. The highest BCUT2D eigenvalue weighted by Crippen LogP contribution is 2.45. The number of nitrogens with one attached hydrogen (secondary N) is 1. The summed E-state index contributed by atoms with van der Waals surface area (Å²) in [6.45, 7) is 2.81. The standard InChI is InChI=1S/C8H13N3/c1-5-2-7(5)8-10-4-6(3-9)11-8/h4-5,7H,2-3,9H2,1H3,(H,10,11). The molecule has 11 heavy (non-hydrogen) atoms. The van der Waals surface area contributed by atoms with Gasteiger partial charge in [-0.05, 0) is 12.3 Å². The molecular weight excluding hydrogens is 138 g/mol. The first-order valence-corrected chi connectivity index (χ1v) is 4.05. The summed E-state index contributed by atoms with van der Waals surface area (Å²) in [4.78, 5) is 7.48. The quantitative estimate of drug-likeness (QED) is 0.662. The molecule has 0 bridgehead atoms. The van der Waals surface area contributed by atoms with E-state index in [0.717, 1.165) is 17.4 Å². The lowest BCUT2D eigenvalue weighted by molar-refractivity contribution is 0.855. The van der Waals surface area contributed by atoms with Crippen LogP contribution in [-0.4, -0.2) is 9.97 Å². The van der Waals surface area contributed by atoms with Crippen LogP contribution in [0.25, 0.3) is 0 Å². The molecule has 0 amide bonds. The Morgan fingerprint density at radius 2 is 2.55 bits per heavy atom. The number of hydrogen-bond acceptors (Lipinski definition) is 2. The van der Waals surface area contributed by atoms with Gasteiger partial charge in [0.05, 0.1) is 0 Å². The highest BCUT2D eigenvalue weighted by molar-refractivity contribution is 5.12. The number of hydrogen-bond donors (Lipinski definition) is 2. The van der Waals surface area contributed by atoms with Gasteiger partial charge in [0.15, 0.2) is 0 Å². The van der Waals surface area contributed by atoms with Crippen LogP contribution < -0.4 is 5.73 Å². The molecule has 0 aromatic carbocycles. The van der Waals surface area contributed by atoms with Gasteiger partial charge in [0, 0.05) is 24.4 Å². The maximum absolute atomic E-state index is 5.45. The SMILES string of the molecule is CC1CC1c1ncc(CN)[nH]1. The molecule has 3 heteroatoms. The van der Waals surface area contributed by atoms with Crippen molar-refractivity contribution >= 4 is 0 Å². The Kier molecular flexibility index (Phi) is 1.46. The fourth-order valence-corrected chi connectivity index (χ4v) is 1.37. The molecule has 3 nitrogen and oxygen atoms in total. The molecule has 1 aliphatic rings. The van der Waals surface area contributed by atoms with E-state index in [9.17, 15) is 0 Å². The van der Waals surface area contributed by atoms with Gasteiger partial charge in [-0.3, -0.25) is 0 Å². The molecule has 1 heterocycles. The normalized spacial score (nSPS) is 28.9. The van der Waals surface area contributed by atoms with Crippen LogP contribution in [0.1, 0.15) is 30.8 Å². The maximum Gasteiger partial charge on any atom is 0.109 e. The van der Waals surface area contributed by atoms with E-state index in [1.54, 1.807) is 0 Å². The zero-order valence-electron chi connectivity index (χ0n) is 6.67. The fraction of sp³-hybridized carbons (Fsp3) is 0.625. The van der Waals surface area contributed by atoms with E-state index in [1.165, 1.54) is 6.42 Å². The van der Waals surface area contributed by atoms with Crippen LogP contribution in [0.4, 0.5) is 0 Å². The Balaban J connectivity index is 2.13. The summed E-state index contributed by atoms with van der Waals surface area (Å²) in [6, 6.07) is 0. The monoisotopic (exact) mass is 151 g/mol. The molecule has 3 N–H and O–H groups in total. The van der Waals surface area contributed by atoms with Crippen molar-refractivity contribution in [2.75, 3.05) is 0 Å². The van der Waals surface area contributed by atoms with Crippen molar-refractivity contribution in [1.29, 1.82) is 0 Å². The van der Waals surface area contributed by atoms with Gasteiger partial charge in [0.25, 0.3) is 0 Å². The molecule has 1 aliphatic carbocycles. The number of nitrogens with zero attached hydrogens (tertiary/aromatic N) is 1. The van der Waals surface area contributed by atoms with Gasteiger partial charge in [0.1, 0.15) is 5.82 Å². The van der Waals surface area contributed by atoms with Gasteiger partial charge < -0.3 is 10.7 Å². The Labute approximate surface area is 66.0 Å². The first kappa shape index (κ1) is 6.85. The van der Waals surface area contributed by atoms with Crippen LogP contribution in [0.2, 0.25) is 0 Å². The minimum Gasteiger partial charge on any atom is -0.345 e. The Hall–Kier alpha value is -0.830. The van der Waals surface area contributed by atoms with Gasteiger partial charge in [-0.1, -0.05) is 6.92 Å². The van der Waals surface area contributed by atoms with Crippen LogP contribution in [-0.2, 0) is 6.54 Å². The average Bonchev–Trinajstić information content (AvgIpc) is 2.59. The van der Waals surface area contributed by atoms with E-state index in [-0.39, 0.29) is 0 Å². The summed E-state index contributed by atoms with van der Waals surface area (Å²) in [5.74, 6) is 2.61. The van der Waals surface area contributed by atoms with E-state index in [2.05, 4.69) is 16.9 Å². The zero-order chi connectivity index (χ0) is 7.84.